The number of aromatic nitrogens is 2. The average molecular weight is 234 g/mol. The van der Waals surface area contributed by atoms with Gasteiger partial charge in [0.1, 0.15) is 0 Å². The van der Waals surface area contributed by atoms with Gasteiger partial charge in [0.25, 0.3) is 0 Å². The average Bonchev–Trinajstić information content (AvgIpc) is 2.86. The first-order chi connectivity index (χ1) is 8.22. The van der Waals surface area contributed by atoms with Crippen LogP contribution in [0, 0.1) is 11.8 Å². The van der Waals surface area contributed by atoms with Crippen LogP contribution in [0.3, 0.4) is 0 Å². The summed E-state index contributed by atoms with van der Waals surface area (Å²) in [6, 6.07) is 2.55. The molecule has 3 atom stereocenters. The molecule has 4 nitrogen and oxygen atoms in total. The van der Waals surface area contributed by atoms with Crippen molar-refractivity contribution in [1.82, 2.24) is 14.7 Å². The van der Waals surface area contributed by atoms with Crippen LogP contribution in [0.2, 0.25) is 0 Å². The second-order valence-corrected chi connectivity index (χ2v) is 5.69. The standard InChI is InChI=1S/C13H22N4/c1-16-6-5-11(15-16)8-17-7-10-3-2-4-13(14)12(10)9-17/h5-6,10,12-13H,2-4,7-9,14H2,1H3/t10-,12-,13+/m0/s1. The van der Waals surface area contributed by atoms with Crippen LogP contribution in [0.15, 0.2) is 12.3 Å². The van der Waals surface area contributed by atoms with Gasteiger partial charge < -0.3 is 5.73 Å². The Morgan fingerprint density at radius 2 is 2.29 bits per heavy atom. The molecule has 4 heteroatoms. The highest BCUT2D eigenvalue weighted by Gasteiger charge is 2.38. The zero-order valence-corrected chi connectivity index (χ0v) is 10.5. The predicted molar refractivity (Wildman–Crippen MR) is 67.3 cm³/mol. The van der Waals surface area contributed by atoms with Gasteiger partial charge in [0.2, 0.25) is 0 Å². The van der Waals surface area contributed by atoms with Crippen molar-refractivity contribution in [3.63, 3.8) is 0 Å². The second-order valence-electron chi connectivity index (χ2n) is 5.69. The third kappa shape index (κ3) is 2.24. The van der Waals surface area contributed by atoms with E-state index in [9.17, 15) is 0 Å². The summed E-state index contributed by atoms with van der Waals surface area (Å²) in [5.41, 5.74) is 7.41. The van der Waals surface area contributed by atoms with E-state index >= 15 is 0 Å². The number of rotatable bonds is 2. The summed E-state index contributed by atoms with van der Waals surface area (Å²) in [4.78, 5) is 2.53. The molecule has 2 heterocycles. The molecular weight excluding hydrogens is 212 g/mol. The molecule has 0 amide bonds. The van der Waals surface area contributed by atoms with Gasteiger partial charge in [0.05, 0.1) is 5.69 Å². The maximum atomic E-state index is 6.23. The first-order valence-electron chi connectivity index (χ1n) is 6.69. The normalized spacial score (nSPS) is 33.9. The van der Waals surface area contributed by atoms with Crippen molar-refractivity contribution in [1.29, 1.82) is 0 Å². The molecule has 0 bridgehead atoms. The molecule has 0 unspecified atom stereocenters. The van der Waals surface area contributed by atoms with Crippen molar-refractivity contribution in [2.75, 3.05) is 13.1 Å². The van der Waals surface area contributed by atoms with Crippen LogP contribution in [0.5, 0.6) is 0 Å². The number of hydrogen-bond acceptors (Lipinski definition) is 3. The van der Waals surface area contributed by atoms with Crippen molar-refractivity contribution in [2.24, 2.45) is 24.6 Å². The van der Waals surface area contributed by atoms with Gasteiger partial charge in [-0.3, -0.25) is 9.58 Å². The number of likely N-dealkylation sites (tertiary alicyclic amines) is 1. The predicted octanol–water partition coefficient (Wildman–Crippen LogP) is 0.979. The number of aryl methyl sites for hydroxylation is 1. The molecule has 2 fully saturated rings. The summed E-state index contributed by atoms with van der Waals surface area (Å²) < 4.78 is 1.88. The molecule has 1 aromatic heterocycles. The third-order valence-electron chi connectivity index (χ3n) is 4.38. The van der Waals surface area contributed by atoms with Gasteiger partial charge >= 0.3 is 0 Å². The summed E-state index contributed by atoms with van der Waals surface area (Å²) >= 11 is 0. The summed E-state index contributed by atoms with van der Waals surface area (Å²) in [5.74, 6) is 1.56. The van der Waals surface area contributed by atoms with Gasteiger partial charge in [-0.25, -0.2) is 0 Å². The molecule has 2 aliphatic rings. The Balaban J connectivity index is 1.63. The molecule has 17 heavy (non-hydrogen) atoms. The van der Waals surface area contributed by atoms with Crippen molar-refractivity contribution >= 4 is 0 Å². The molecule has 1 saturated carbocycles. The van der Waals surface area contributed by atoms with Crippen molar-refractivity contribution < 1.29 is 0 Å². The van der Waals surface area contributed by atoms with Crippen LogP contribution in [-0.4, -0.2) is 33.8 Å². The molecule has 0 aromatic carbocycles. The van der Waals surface area contributed by atoms with E-state index in [4.69, 9.17) is 5.73 Å². The smallest absolute Gasteiger partial charge is 0.0764 e. The van der Waals surface area contributed by atoms with Crippen LogP contribution in [0.4, 0.5) is 0 Å². The van der Waals surface area contributed by atoms with Gasteiger partial charge in [-0.15, -0.1) is 0 Å². The number of hydrogen-bond donors (Lipinski definition) is 1. The molecule has 2 N–H and O–H groups in total. The zero-order valence-electron chi connectivity index (χ0n) is 10.5. The Morgan fingerprint density at radius 1 is 1.41 bits per heavy atom. The van der Waals surface area contributed by atoms with Crippen molar-refractivity contribution in [3.8, 4) is 0 Å². The van der Waals surface area contributed by atoms with Crippen LogP contribution < -0.4 is 5.73 Å². The van der Waals surface area contributed by atoms with Crippen LogP contribution in [0.1, 0.15) is 25.0 Å². The fraction of sp³-hybridized carbons (Fsp3) is 0.769. The van der Waals surface area contributed by atoms with Gasteiger partial charge in [0.15, 0.2) is 0 Å². The SMILES string of the molecule is Cn1ccc(CN2C[C@@H]3CCC[C@@H](N)[C@H]3C2)n1. The van der Waals surface area contributed by atoms with Crippen molar-refractivity contribution in [3.05, 3.63) is 18.0 Å². The molecule has 0 spiro atoms. The zero-order chi connectivity index (χ0) is 11.8. The van der Waals surface area contributed by atoms with E-state index in [1.165, 1.54) is 38.0 Å². The first-order valence-corrected chi connectivity index (χ1v) is 6.69. The van der Waals surface area contributed by atoms with E-state index in [1.54, 1.807) is 0 Å². The van der Waals surface area contributed by atoms with E-state index < -0.39 is 0 Å². The van der Waals surface area contributed by atoms with Crippen LogP contribution in [0.25, 0.3) is 0 Å². The largest absolute Gasteiger partial charge is 0.327 e. The molecule has 94 valence electrons. The Hall–Kier alpha value is -0.870. The molecular formula is C13H22N4. The van der Waals surface area contributed by atoms with Gasteiger partial charge in [-0.2, -0.15) is 5.10 Å². The van der Waals surface area contributed by atoms with E-state index in [1.807, 2.05) is 17.9 Å². The lowest BCUT2D eigenvalue weighted by molar-refractivity contribution is 0.259. The van der Waals surface area contributed by atoms with Gasteiger partial charge in [0, 0.05) is 38.9 Å². The van der Waals surface area contributed by atoms with E-state index in [0.29, 0.717) is 6.04 Å². The molecule has 1 aromatic rings. The number of fused-ring (bicyclic) bond motifs is 1. The maximum absolute atomic E-state index is 6.23. The highest BCUT2D eigenvalue weighted by atomic mass is 15.3. The minimum Gasteiger partial charge on any atom is -0.327 e. The summed E-state index contributed by atoms with van der Waals surface area (Å²) in [7, 11) is 1.98. The fourth-order valence-corrected chi connectivity index (χ4v) is 3.51. The van der Waals surface area contributed by atoms with E-state index in [-0.39, 0.29) is 0 Å². The van der Waals surface area contributed by atoms with Crippen LogP contribution >= 0.6 is 0 Å². The minimum absolute atomic E-state index is 0.433. The Labute approximate surface area is 103 Å². The summed E-state index contributed by atoms with van der Waals surface area (Å²) in [6.45, 7) is 3.37. The topological polar surface area (TPSA) is 47.1 Å². The Bertz CT molecular complexity index is 387. The first kappa shape index (κ1) is 11.2. The minimum atomic E-state index is 0.433. The van der Waals surface area contributed by atoms with Gasteiger partial charge in [-0.1, -0.05) is 6.42 Å². The molecule has 3 rings (SSSR count). The summed E-state index contributed by atoms with van der Waals surface area (Å²) in [5, 5.41) is 4.45. The lowest BCUT2D eigenvalue weighted by Gasteiger charge is -2.29. The number of nitrogens with two attached hydrogens (primary N) is 1. The molecule has 1 saturated heterocycles. The quantitative estimate of drug-likeness (QED) is 0.830. The highest BCUT2D eigenvalue weighted by molar-refractivity contribution is 5.01. The van der Waals surface area contributed by atoms with E-state index in [0.717, 1.165) is 18.4 Å². The maximum Gasteiger partial charge on any atom is 0.0764 e. The van der Waals surface area contributed by atoms with E-state index in [2.05, 4.69) is 16.1 Å². The fourth-order valence-electron chi connectivity index (χ4n) is 3.51. The van der Waals surface area contributed by atoms with Crippen molar-refractivity contribution in [2.45, 2.75) is 31.8 Å². The van der Waals surface area contributed by atoms with Crippen LogP contribution in [-0.2, 0) is 13.6 Å². The van der Waals surface area contributed by atoms with Gasteiger partial charge in [-0.05, 0) is 30.7 Å². The molecule has 1 aliphatic heterocycles. The highest BCUT2D eigenvalue weighted by Crippen LogP contribution is 2.35. The summed E-state index contributed by atoms with van der Waals surface area (Å²) in [6.07, 6.45) is 5.93. The lowest BCUT2D eigenvalue weighted by atomic mass is 9.78. The third-order valence-corrected chi connectivity index (χ3v) is 4.38. The Morgan fingerprint density at radius 3 is 3.00 bits per heavy atom. The second kappa shape index (κ2) is 4.42. The molecule has 0 radical (unpaired) electrons. The Kier molecular flexibility index (Phi) is 2.92. The molecule has 1 aliphatic carbocycles. The lowest BCUT2D eigenvalue weighted by Crippen LogP contribution is -2.38. The number of nitrogens with zero attached hydrogens (tertiary/aromatic N) is 3. The monoisotopic (exact) mass is 234 g/mol.